The van der Waals surface area contributed by atoms with Crippen molar-refractivity contribution in [1.29, 1.82) is 0 Å². The molecule has 1 unspecified atom stereocenters. The SMILES string of the molecule is CCOCCC(CNC1CC1)c1cccc(F)c1. The lowest BCUT2D eigenvalue weighted by molar-refractivity contribution is 0.139. The van der Waals surface area contributed by atoms with E-state index in [0.29, 0.717) is 12.0 Å². The van der Waals surface area contributed by atoms with Crippen LogP contribution >= 0.6 is 0 Å². The van der Waals surface area contributed by atoms with Crippen molar-refractivity contribution in [3.63, 3.8) is 0 Å². The Morgan fingerprint density at radius 1 is 1.44 bits per heavy atom. The fourth-order valence-corrected chi connectivity index (χ4v) is 2.11. The van der Waals surface area contributed by atoms with Gasteiger partial charge in [-0.1, -0.05) is 12.1 Å². The van der Waals surface area contributed by atoms with E-state index in [1.165, 1.54) is 18.9 Å². The van der Waals surface area contributed by atoms with E-state index in [2.05, 4.69) is 5.32 Å². The summed E-state index contributed by atoms with van der Waals surface area (Å²) >= 11 is 0. The van der Waals surface area contributed by atoms with Crippen LogP contribution in [0.15, 0.2) is 24.3 Å². The molecule has 0 bridgehead atoms. The van der Waals surface area contributed by atoms with Gasteiger partial charge in [0, 0.05) is 25.8 Å². The normalized spacial score (nSPS) is 16.8. The van der Waals surface area contributed by atoms with Crippen LogP contribution in [0.4, 0.5) is 4.39 Å². The van der Waals surface area contributed by atoms with Gasteiger partial charge in [-0.15, -0.1) is 0 Å². The van der Waals surface area contributed by atoms with Gasteiger partial charge in [-0.25, -0.2) is 4.39 Å². The molecule has 1 fully saturated rings. The largest absolute Gasteiger partial charge is 0.382 e. The maximum absolute atomic E-state index is 13.3. The quantitative estimate of drug-likeness (QED) is 0.717. The summed E-state index contributed by atoms with van der Waals surface area (Å²) in [6.45, 7) is 4.40. The van der Waals surface area contributed by atoms with Gasteiger partial charge in [-0.2, -0.15) is 0 Å². The molecule has 100 valence electrons. The van der Waals surface area contributed by atoms with Crippen LogP contribution in [0.1, 0.15) is 37.7 Å². The summed E-state index contributed by atoms with van der Waals surface area (Å²) in [6.07, 6.45) is 3.50. The van der Waals surface area contributed by atoms with E-state index in [9.17, 15) is 4.39 Å². The summed E-state index contributed by atoms with van der Waals surface area (Å²) < 4.78 is 18.7. The van der Waals surface area contributed by atoms with Crippen LogP contribution in [0, 0.1) is 5.82 Å². The van der Waals surface area contributed by atoms with Gasteiger partial charge in [0.1, 0.15) is 5.82 Å². The van der Waals surface area contributed by atoms with Crippen molar-refractivity contribution < 1.29 is 9.13 Å². The molecule has 1 aromatic rings. The topological polar surface area (TPSA) is 21.3 Å². The molecule has 0 spiro atoms. The first-order valence-corrected chi connectivity index (χ1v) is 6.86. The minimum atomic E-state index is -0.152. The zero-order valence-electron chi connectivity index (χ0n) is 11.0. The second-order valence-corrected chi connectivity index (χ2v) is 4.92. The first-order valence-electron chi connectivity index (χ1n) is 6.86. The first-order chi connectivity index (χ1) is 8.79. The maximum atomic E-state index is 13.3. The zero-order chi connectivity index (χ0) is 12.8. The molecule has 1 atom stereocenters. The van der Waals surface area contributed by atoms with Gasteiger partial charge >= 0.3 is 0 Å². The molecule has 0 aromatic heterocycles. The van der Waals surface area contributed by atoms with Gasteiger partial charge in [0.05, 0.1) is 0 Å². The second-order valence-electron chi connectivity index (χ2n) is 4.92. The van der Waals surface area contributed by atoms with Crippen molar-refractivity contribution in [1.82, 2.24) is 5.32 Å². The highest BCUT2D eigenvalue weighted by Crippen LogP contribution is 2.23. The third kappa shape index (κ3) is 4.39. The number of rotatable bonds is 8. The number of hydrogen-bond acceptors (Lipinski definition) is 2. The molecule has 3 heteroatoms. The summed E-state index contributed by atoms with van der Waals surface area (Å²) in [5.74, 6) is 0.188. The Kier molecular flexibility index (Phi) is 5.14. The standard InChI is InChI=1S/C15H22FNO/c1-2-18-9-8-13(11-17-15-6-7-15)12-4-3-5-14(16)10-12/h3-5,10,13,15,17H,2,6-9,11H2,1H3. The van der Waals surface area contributed by atoms with Crippen LogP contribution in [-0.2, 0) is 4.74 Å². The zero-order valence-corrected chi connectivity index (χ0v) is 11.0. The fourth-order valence-electron chi connectivity index (χ4n) is 2.11. The molecule has 0 heterocycles. The van der Waals surface area contributed by atoms with Crippen LogP contribution in [0.3, 0.4) is 0 Å². The molecule has 1 N–H and O–H groups in total. The molecule has 0 aliphatic heterocycles. The molecule has 1 aliphatic rings. The van der Waals surface area contributed by atoms with E-state index in [1.54, 1.807) is 12.1 Å². The molecule has 1 aliphatic carbocycles. The number of hydrogen-bond donors (Lipinski definition) is 1. The average molecular weight is 251 g/mol. The Hall–Kier alpha value is -0.930. The van der Waals surface area contributed by atoms with Crippen molar-refractivity contribution in [3.8, 4) is 0 Å². The van der Waals surface area contributed by atoms with Crippen molar-refractivity contribution in [2.45, 2.75) is 38.1 Å². The third-order valence-electron chi connectivity index (χ3n) is 3.37. The van der Waals surface area contributed by atoms with Gasteiger partial charge < -0.3 is 10.1 Å². The van der Waals surface area contributed by atoms with E-state index in [-0.39, 0.29) is 5.82 Å². The maximum Gasteiger partial charge on any atom is 0.123 e. The minimum Gasteiger partial charge on any atom is -0.382 e. The highest BCUT2D eigenvalue weighted by atomic mass is 19.1. The van der Waals surface area contributed by atoms with E-state index in [0.717, 1.165) is 31.7 Å². The number of halogens is 1. The highest BCUT2D eigenvalue weighted by molar-refractivity contribution is 5.21. The van der Waals surface area contributed by atoms with E-state index in [1.807, 2.05) is 13.0 Å². The second kappa shape index (κ2) is 6.86. The molecule has 18 heavy (non-hydrogen) atoms. The van der Waals surface area contributed by atoms with Crippen LogP contribution in [0.2, 0.25) is 0 Å². The third-order valence-corrected chi connectivity index (χ3v) is 3.37. The van der Waals surface area contributed by atoms with Crippen LogP contribution < -0.4 is 5.32 Å². The van der Waals surface area contributed by atoms with Gasteiger partial charge in [0.2, 0.25) is 0 Å². The van der Waals surface area contributed by atoms with Gasteiger partial charge in [0.15, 0.2) is 0 Å². The van der Waals surface area contributed by atoms with Crippen LogP contribution in [0.5, 0.6) is 0 Å². The van der Waals surface area contributed by atoms with Gasteiger partial charge in [0.25, 0.3) is 0 Å². The molecular weight excluding hydrogens is 229 g/mol. The monoisotopic (exact) mass is 251 g/mol. The van der Waals surface area contributed by atoms with Gasteiger partial charge in [-0.3, -0.25) is 0 Å². The number of ether oxygens (including phenoxy) is 1. The predicted molar refractivity (Wildman–Crippen MR) is 71.3 cm³/mol. The Morgan fingerprint density at radius 3 is 2.94 bits per heavy atom. The molecule has 0 amide bonds. The van der Waals surface area contributed by atoms with E-state index < -0.39 is 0 Å². The lowest BCUT2D eigenvalue weighted by atomic mass is 9.96. The lowest BCUT2D eigenvalue weighted by Gasteiger charge is -2.18. The lowest BCUT2D eigenvalue weighted by Crippen LogP contribution is -2.24. The molecule has 2 rings (SSSR count). The fraction of sp³-hybridized carbons (Fsp3) is 0.600. The molecule has 0 saturated heterocycles. The molecular formula is C15H22FNO. The Bertz CT molecular complexity index is 365. The summed E-state index contributed by atoms with van der Waals surface area (Å²) in [7, 11) is 0. The summed E-state index contributed by atoms with van der Waals surface area (Å²) in [5.41, 5.74) is 1.07. The molecule has 0 radical (unpaired) electrons. The van der Waals surface area contributed by atoms with Crippen molar-refractivity contribution >= 4 is 0 Å². The van der Waals surface area contributed by atoms with E-state index >= 15 is 0 Å². The Balaban J connectivity index is 1.92. The molecule has 1 saturated carbocycles. The molecule has 2 nitrogen and oxygen atoms in total. The smallest absolute Gasteiger partial charge is 0.123 e. The van der Waals surface area contributed by atoms with Crippen LogP contribution in [-0.4, -0.2) is 25.8 Å². The average Bonchev–Trinajstić information content (AvgIpc) is 3.17. The van der Waals surface area contributed by atoms with Crippen molar-refractivity contribution in [3.05, 3.63) is 35.6 Å². The number of benzene rings is 1. The summed E-state index contributed by atoms with van der Waals surface area (Å²) in [6, 6.07) is 7.62. The minimum absolute atomic E-state index is 0.152. The predicted octanol–water partition coefficient (Wildman–Crippen LogP) is 3.09. The van der Waals surface area contributed by atoms with Crippen LogP contribution in [0.25, 0.3) is 0 Å². The Morgan fingerprint density at radius 2 is 2.28 bits per heavy atom. The highest BCUT2D eigenvalue weighted by Gasteiger charge is 2.22. The van der Waals surface area contributed by atoms with Gasteiger partial charge in [-0.05, 0) is 49.8 Å². The van der Waals surface area contributed by atoms with E-state index in [4.69, 9.17) is 4.74 Å². The summed E-state index contributed by atoms with van der Waals surface area (Å²) in [5, 5.41) is 3.52. The van der Waals surface area contributed by atoms with Crippen molar-refractivity contribution in [2.24, 2.45) is 0 Å². The molecule has 1 aromatic carbocycles. The van der Waals surface area contributed by atoms with Crippen molar-refractivity contribution in [2.75, 3.05) is 19.8 Å². The Labute approximate surface area is 109 Å². The number of nitrogens with one attached hydrogen (secondary N) is 1. The first kappa shape index (κ1) is 13.5. The summed E-state index contributed by atoms with van der Waals surface area (Å²) in [4.78, 5) is 0.